The van der Waals surface area contributed by atoms with Crippen LogP contribution in [0.15, 0.2) is 53.3 Å². The van der Waals surface area contributed by atoms with Gasteiger partial charge < -0.3 is 5.32 Å². The molecule has 0 aliphatic heterocycles. The summed E-state index contributed by atoms with van der Waals surface area (Å²) in [6.45, 7) is 0. The summed E-state index contributed by atoms with van der Waals surface area (Å²) >= 11 is 0. The molecule has 1 aromatic heterocycles. The summed E-state index contributed by atoms with van der Waals surface area (Å²) in [5.74, 6) is -0.209. The largest absolute Gasteiger partial charge is 0.355 e. The third-order valence-electron chi connectivity index (χ3n) is 3.19. The van der Waals surface area contributed by atoms with E-state index in [0.29, 0.717) is 16.5 Å². The van der Waals surface area contributed by atoms with Crippen molar-refractivity contribution in [3.8, 4) is 5.69 Å². The first-order valence-electron chi connectivity index (χ1n) is 6.23. The lowest BCUT2D eigenvalue weighted by molar-refractivity contribution is 0.0963. The van der Waals surface area contributed by atoms with Gasteiger partial charge in [0, 0.05) is 12.6 Å². The SMILES string of the molecule is CNC(=O)c1ccc2[nH]n(-c3ccccc3)c(=O)c2c1. The number of rotatable bonds is 2. The number of nitrogens with zero attached hydrogens (tertiary/aromatic N) is 1. The fraction of sp³-hybridized carbons (Fsp3) is 0.0667. The highest BCUT2D eigenvalue weighted by atomic mass is 16.1. The monoisotopic (exact) mass is 267 g/mol. The van der Waals surface area contributed by atoms with Gasteiger partial charge in [-0.1, -0.05) is 18.2 Å². The topological polar surface area (TPSA) is 66.9 Å². The number of hydrogen-bond donors (Lipinski definition) is 2. The Morgan fingerprint density at radius 2 is 1.90 bits per heavy atom. The van der Waals surface area contributed by atoms with Gasteiger partial charge in [0.2, 0.25) is 0 Å². The highest BCUT2D eigenvalue weighted by Crippen LogP contribution is 2.13. The van der Waals surface area contributed by atoms with Gasteiger partial charge in [0.05, 0.1) is 16.6 Å². The normalized spacial score (nSPS) is 10.7. The molecule has 0 saturated heterocycles. The Bertz CT molecular complexity index is 831. The van der Waals surface area contributed by atoms with E-state index < -0.39 is 0 Å². The molecule has 0 aliphatic rings. The summed E-state index contributed by atoms with van der Waals surface area (Å²) in [5.41, 5.74) is 1.76. The Morgan fingerprint density at radius 3 is 2.60 bits per heavy atom. The van der Waals surface area contributed by atoms with Crippen LogP contribution in [-0.4, -0.2) is 22.7 Å². The van der Waals surface area contributed by atoms with Crippen molar-refractivity contribution in [1.82, 2.24) is 15.1 Å². The molecule has 0 radical (unpaired) electrons. The molecule has 3 aromatic rings. The van der Waals surface area contributed by atoms with Gasteiger partial charge in [0.1, 0.15) is 0 Å². The zero-order valence-electron chi connectivity index (χ0n) is 10.9. The minimum atomic E-state index is -0.209. The molecule has 5 heteroatoms. The maximum absolute atomic E-state index is 12.4. The van der Waals surface area contributed by atoms with Gasteiger partial charge >= 0.3 is 0 Å². The Balaban J connectivity index is 2.21. The van der Waals surface area contributed by atoms with Crippen LogP contribution < -0.4 is 10.9 Å². The first kappa shape index (κ1) is 12.2. The van der Waals surface area contributed by atoms with Crippen molar-refractivity contribution in [2.45, 2.75) is 0 Å². The first-order valence-corrected chi connectivity index (χ1v) is 6.23. The Labute approximate surface area is 114 Å². The van der Waals surface area contributed by atoms with Crippen LogP contribution in [0, 0.1) is 0 Å². The van der Waals surface area contributed by atoms with E-state index in [2.05, 4.69) is 10.4 Å². The molecular formula is C15H13N3O2. The zero-order valence-corrected chi connectivity index (χ0v) is 10.9. The molecule has 0 saturated carbocycles. The fourth-order valence-corrected chi connectivity index (χ4v) is 2.15. The van der Waals surface area contributed by atoms with Crippen molar-refractivity contribution in [2.24, 2.45) is 0 Å². The molecule has 2 N–H and O–H groups in total. The average Bonchev–Trinajstić information content (AvgIpc) is 2.84. The molecule has 0 atom stereocenters. The van der Waals surface area contributed by atoms with E-state index in [1.54, 1.807) is 25.2 Å². The highest BCUT2D eigenvalue weighted by molar-refractivity contribution is 5.97. The number of carbonyl (C=O) groups excluding carboxylic acids is 1. The summed E-state index contributed by atoms with van der Waals surface area (Å²) in [5, 5.41) is 6.08. The van der Waals surface area contributed by atoms with Crippen molar-refractivity contribution < 1.29 is 4.79 Å². The van der Waals surface area contributed by atoms with Crippen molar-refractivity contribution in [3.05, 3.63) is 64.4 Å². The summed E-state index contributed by atoms with van der Waals surface area (Å²) in [6, 6.07) is 14.3. The lowest BCUT2D eigenvalue weighted by Crippen LogP contribution is -2.18. The fourth-order valence-electron chi connectivity index (χ4n) is 2.15. The van der Waals surface area contributed by atoms with Crippen molar-refractivity contribution in [2.75, 3.05) is 7.05 Å². The van der Waals surface area contributed by atoms with Gasteiger partial charge in [-0.05, 0) is 30.3 Å². The van der Waals surface area contributed by atoms with E-state index in [-0.39, 0.29) is 11.5 Å². The molecule has 5 nitrogen and oxygen atoms in total. The number of H-pyrrole nitrogens is 1. The molecule has 0 bridgehead atoms. The molecule has 0 aliphatic carbocycles. The molecule has 2 aromatic carbocycles. The van der Waals surface area contributed by atoms with Crippen molar-refractivity contribution >= 4 is 16.8 Å². The van der Waals surface area contributed by atoms with Crippen LogP contribution >= 0.6 is 0 Å². The lowest BCUT2D eigenvalue weighted by atomic mass is 10.1. The molecule has 1 heterocycles. The van der Waals surface area contributed by atoms with Crippen LogP contribution in [0.2, 0.25) is 0 Å². The van der Waals surface area contributed by atoms with Crippen molar-refractivity contribution in [3.63, 3.8) is 0 Å². The molecule has 100 valence electrons. The van der Waals surface area contributed by atoms with E-state index in [4.69, 9.17) is 0 Å². The summed E-state index contributed by atoms with van der Waals surface area (Å²) in [6.07, 6.45) is 0. The maximum atomic E-state index is 12.4. The number of fused-ring (bicyclic) bond motifs is 1. The summed E-state index contributed by atoms with van der Waals surface area (Å²) in [4.78, 5) is 24.0. The van der Waals surface area contributed by atoms with Crippen LogP contribution in [0.4, 0.5) is 0 Å². The second-order valence-corrected chi connectivity index (χ2v) is 4.43. The number of carbonyl (C=O) groups is 1. The summed E-state index contributed by atoms with van der Waals surface area (Å²) < 4.78 is 1.47. The molecular weight excluding hydrogens is 254 g/mol. The minimum absolute atomic E-state index is 0.169. The van der Waals surface area contributed by atoms with Crippen LogP contribution in [0.25, 0.3) is 16.6 Å². The van der Waals surface area contributed by atoms with Crippen LogP contribution in [0.3, 0.4) is 0 Å². The van der Waals surface area contributed by atoms with Gasteiger partial charge in [-0.25, -0.2) is 4.68 Å². The predicted molar refractivity (Wildman–Crippen MR) is 77.3 cm³/mol. The van der Waals surface area contributed by atoms with E-state index in [0.717, 1.165) is 5.69 Å². The summed E-state index contributed by atoms with van der Waals surface area (Å²) in [7, 11) is 1.56. The third kappa shape index (κ3) is 1.89. The van der Waals surface area contributed by atoms with E-state index in [9.17, 15) is 9.59 Å². The first-order chi connectivity index (χ1) is 9.70. The molecule has 20 heavy (non-hydrogen) atoms. The number of nitrogens with one attached hydrogen (secondary N) is 2. The molecule has 3 rings (SSSR count). The van der Waals surface area contributed by atoms with Gasteiger partial charge in [-0.3, -0.25) is 14.7 Å². The number of aromatic amines is 1. The van der Waals surface area contributed by atoms with E-state index >= 15 is 0 Å². The smallest absolute Gasteiger partial charge is 0.279 e. The van der Waals surface area contributed by atoms with Gasteiger partial charge in [0.25, 0.3) is 11.5 Å². The van der Waals surface area contributed by atoms with Crippen LogP contribution in [0.1, 0.15) is 10.4 Å². The van der Waals surface area contributed by atoms with E-state index in [1.807, 2.05) is 30.3 Å². The number of benzene rings is 2. The van der Waals surface area contributed by atoms with E-state index in [1.165, 1.54) is 4.68 Å². The molecule has 0 spiro atoms. The molecule has 1 amide bonds. The third-order valence-corrected chi connectivity index (χ3v) is 3.19. The predicted octanol–water partition coefficient (Wildman–Crippen LogP) is 1.68. The molecule has 0 fully saturated rings. The van der Waals surface area contributed by atoms with Crippen LogP contribution in [-0.2, 0) is 0 Å². The lowest BCUT2D eigenvalue weighted by Gasteiger charge is -1.99. The Morgan fingerprint density at radius 1 is 1.15 bits per heavy atom. The Kier molecular flexibility index (Phi) is 2.87. The number of para-hydroxylation sites is 1. The van der Waals surface area contributed by atoms with Gasteiger partial charge in [-0.2, -0.15) is 0 Å². The number of aromatic nitrogens is 2. The average molecular weight is 267 g/mol. The van der Waals surface area contributed by atoms with Crippen LogP contribution in [0.5, 0.6) is 0 Å². The molecule has 0 unspecified atom stereocenters. The second kappa shape index (κ2) is 4.70. The minimum Gasteiger partial charge on any atom is -0.355 e. The number of amides is 1. The van der Waals surface area contributed by atoms with Gasteiger partial charge in [0.15, 0.2) is 0 Å². The Hall–Kier alpha value is -2.82. The zero-order chi connectivity index (χ0) is 14.1. The standard InChI is InChI=1S/C15H13N3O2/c1-16-14(19)10-7-8-13-12(9-10)15(20)18(17-13)11-5-3-2-4-6-11/h2-9,17H,1H3,(H,16,19). The quantitative estimate of drug-likeness (QED) is 0.741. The highest BCUT2D eigenvalue weighted by Gasteiger charge is 2.11. The van der Waals surface area contributed by atoms with Gasteiger partial charge in [-0.15, -0.1) is 0 Å². The van der Waals surface area contributed by atoms with Crippen molar-refractivity contribution in [1.29, 1.82) is 0 Å². The number of hydrogen-bond acceptors (Lipinski definition) is 2. The second-order valence-electron chi connectivity index (χ2n) is 4.43. The maximum Gasteiger partial charge on any atom is 0.279 e.